The Kier molecular flexibility index (Phi) is 55.8. The van der Waals surface area contributed by atoms with Gasteiger partial charge in [-0.2, -0.15) is 4.31 Å². The SMILES string of the molecule is CC[C@@H]1CN(C)C(=O)C(=O)N1.CC[C@@H]1CN(C)C(=O)C(=O)N1C.CC[C@@H]1CN(C)C(=O)CCN1.CC[C@@H]1CNC(=O)C(=O)N(C)C1.CC[C@@H]1COC(=O)N(C)C1.CC[C@@H]1COCC(=O)N(C)C1.CC[C@H]1CNC(=O)C(=O)N(C)C1.CC[C@H]1COC(=O)N(C)C1.CC[C@H]1COCC(=O)N(C)C1.CC[C@H]1COCC(=O)N(C)C1.CN1C[C@@H](CN)N(S(C)(=O)=O)CCC1=O. The third-order valence-electron chi connectivity index (χ3n) is 23.4. The van der Waals surface area contributed by atoms with E-state index in [4.69, 9.17) is 29.4 Å². The molecule has 11 fully saturated rings. The van der Waals surface area contributed by atoms with Gasteiger partial charge >= 0.3 is 59.4 Å². The lowest BCUT2D eigenvalue weighted by Gasteiger charge is -2.36. The van der Waals surface area contributed by atoms with E-state index in [-0.39, 0.29) is 99.2 Å². The topological polar surface area (TPSA) is 453 Å². The Morgan fingerprint density at radius 3 is 1.00 bits per heavy atom. The van der Waals surface area contributed by atoms with E-state index < -0.39 is 57.3 Å². The number of piperazine rings is 2. The minimum Gasteiger partial charge on any atom is -0.449 e. The number of hydrogen-bond acceptors (Lipinski definition) is 24. The van der Waals surface area contributed by atoms with Crippen LogP contribution in [0.4, 0.5) is 9.59 Å². The number of ether oxygens (including phenoxy) is 5. The minimum atomic E-state index is -3.28. The number of nitrogens with zero attached hydrogens (tertiary/aromatic N) is 13. The van der Waals surface area contributed by atoms with Gasteiger partial charge in [0.1, 0.15) is 19.8 Å². The number of carbonyl (C=O) groups is 15. The maximum absolute atomic E-state index is 11.5. The third-order valence-corrected chi connectivity index (χ3v) is 24.8. The van der Waals surface area contributed by atoms with Crippen LogP contribution in [0.1, 0.15) is 146 Å². The number of sulfonamides is 1. The first kappa shape index (κ1) is 115. The number of cyclic esters (lactones) is 2. The average Bonchev–Trinajstić information content (AvgIpc) is 1.09. The summed E-state index contributed by atoms with van der Waals surface area (Å²) in [6, 6.07) is 0.494. The molecule has 11 aliphatic rings. The van der Waals surface area contributed by atoms with Crippen LogP contribution in [-0.4, -0.2) is 433 Å². The van der Waals surface area contributed by atoms with Crippen molar-refractivity contribution in [3.8, 4) is 0 Å². The number of nitrogens with two attached hydrogens (primary N) is 1. The van der Waals surface area contributed by atoms with E-state index >= 15 is 0 Å². The summed E-state index contributed by atoms with van der Waals surface area (Å²) in [5, 5.41) is 11.1. The van der Waals surface area contributed by atoms with Gasteiger partial charge in [-0.25, -0.2) is 18.0 Å². The van der Waals surface area contributed by atoms with E-state index in [0.29, 0.717) is 113 Å². The van der Waals surface area contributed by atoms with Gasteiger partial charge in [-0.1, -0.05) is 69.2 Å². The molecular formula is C85H158N18O22S. The zero-order valence-electron chi connectivity index (χ0n) is 80.1. The van der Waals surface area contributed by atoms with Crippen molar-refractivity contribution in [1.29, 1.82) is 0 Å². The Balaban J connectivity index is 0.000000694. The zero-order chi connectivity index (χ0) is 95.8. The van der Waals surface area contributed by atoms with Crippen molar-refractivity contribution >= 4 is 99.0 Å². The molecule has 41 heteroatoms. The largest absolute Gasteiger partial charge is 0.449 e. The van der Waals surface area contributed by atoms with Crippen LogP contribution in [0.25, 0.3) is 0 Å². The molecule has 0 aromatic rings. The van der Waals surface area contributed by atoms with Crippen molar-refractivity contribution < 1.29 is 104 Å². The summed E-state index contributed by atoms with van der Waals surface area (Å²) < 4.78 is 49.6. The van der Waals surface area contributed by atoms with Gasteiger partial charge < -0.3 is 109 Å². The summed E-state index contributed by atoms with van der Waals surface area (Å²) in [5.74, 6) is 0.401. The summed E-state index contributed by atoms with van der Waals surface area (Å²) in [4.78, 5) is 185. The normalized spacial score (nSPS) is 26.0. The Morgan fingerprint density at radius 2 is 0.651 bits per heavy atom. The van der Waals surface area contributed by atoms with Gasteiger partial charge in [0, 0.05) is 232 Å². The highest BCUT2D eigenvalue weighted by Crippen LogP contribution is 2.18. The zero-order valence-corrected chi connectivity index (χ0v) is 80.9. The third kappa shape index (κ3) is 42.5. The second-order valence-electron chi connectivity index (χ2n) is 33.8. The van der Waals surface area contributed by atoms with Crippen LogP contribution < -0.4 is 27.0 Å². The Hall–Kier alpha value is -8.64. The summed E-state index contributed by atoms with van der Waals surface area (Å²) in [6.07, 6.45) is 11.9. The quantitative estimate of drug-likeness (QED) is 0.167. The smallest absolute Gasteiger partial charge is 0.409 e. The van der Waals surface area contributed by atoms with Crippen molar-refractivity contribution in [2.75, 3.05) is 248 Å². The summed E-state index contributed by atoms with van der Waals surface area (Å²) in [7, 11) is 17.6. The molecule has 0 aliphatic carbocycles. The number of amides is 15. The van der Waals surface area contributed by atoms with Crippen molar-refractivity contribution in [1.82, 2.24) is 84.4 Å². The van der Waals surface area contributed by atoms with Crippen LogP contribution in [-0.2, 0) is 96.0 Å². The number of nitrogens with one attached hydrogen (secondary N) is 4. The number of hydrogen-bond donors (Lipinski definition) is 5. The average molecular weight is 1820 g/mol. The van der Waals surface area contributed by atoms with E-state index in [2.05, 4.69) is 76.7 Å². The van der Waals surface area contributed by atoms with Crippen molar-refractivity contribution in [3.05, 3.63) is 0 Å². The van der Waals surface area contributed by atoms with Crippen LogP contribution in [0.2, 0.25) is 0 Å². The molecule has 11 rings (SSSR count). The molecule has 11 heterocycles. The molecule has 0 radical (unpaired) electrons. The number of carbonyl (C=O) groups excluding carboxylic acids is 15. The molecule has 0 bridgehead atoms. The highest BCUT2D eigenvalue weighted by Gasteiger charge is 2.36. The van der Waals surface area contributed by atoms with Crippen LogP contribution in [0.15, 0.2) is 0 Å². The van der Waals surface area contributed by atoms with E-state index in [1.165, 1.54) is 33.7 Å². The molecule has 726 valence electrons. The van der Waals surface area contributed by atoms with Crippen molar-refractivity contribution in [2.45, 2.75) is 170 Å². The fraction of sp³-hybridized carbons (Fsp3) is 0.824. The monoisotopic (exact) mass is 1820 g/mol. The molecular weight excluding hydrogens is 1660 g/mol. The lowest BCUT2D eigenvalue weighted by atomic mass is 10.1. The molecule has 0 spiro atoms. The van der Waals surface area contributed by atoms with Gasteiger partial charge in [0.25, 0.3) is 0 Å². The van der Waals surface area contributed by atoms with Gasteiger partial charge in [0.2, 0.25) is 39.6 Å². The fourth-order valence-electron chi connectivity index (χ4n) is 13.9. The maximum Gasteiger partial charge on any atom is 0.409 e. The highest BCUT2D eigenvalue weighted by atomic mass is 32.2. The minimum absolute atomic E-state index is 0.0420. The fourth-order valence-corrected chi connectivity index (χ4v) is 15.0. The van der Waals surface area contributed by atoms with Gasteiger partial charge in [-0.15, -0.1) is 0 Å². The Morgan fingerprint density at radius 1 is 0.333 bits per heavy atom. The number of likely N-dealkylation sites (N-methyl/N-ethyl adjacent to an activating group) is 10. The first-order chi connectivity index (χ1) is 59.3. The first-order valence-electron chi connectivity index (χ1n) is 44.5. The van der Waals surface area contributed by atoms with Gasteiger partial charge in [-0.05, 0) is 93.8 Å². The molecule has 11 atom stereocenters. The van der Waals surface area contributed by atoms with Gasteiger partial charge in [0.05, 0.1) is 45.3 Å². The standard InChI is InChI=1S/C8H17N3O3S.3C8H14N2O2.C8H16N2O.3C8H15NO2.C7H12N2O2.2C7H13NO2/c1-10-6-7(5-9)11(15(2,13)14)4-3-8(10)12;1-4-6-5-9(2)7(11)8(12)10(6)3;2*1-3-6-4-9-7(11)8(12)10(2)5-6;1-3-7-6-10(2)8(11)4-5-9-7;3*1-3-7-4-9(2)8(10)6-11-5-7;1-3-5-4-9(2)7(11)6(10)8-5;2*1-3-6-4-8(2)7(9)10-5-6/h7H,3-6,9H2,1-2H3;6H,4-5H2,1-3H3;2*6H,3-5H2,1-2H3,(H,9,11);7,9H,3-6H2,1-2H3;3*7H,3-6H2,1-2H3;5H,3-4H2,1-2H3,(H,8,10);2*6H,3-5H2,1-2H3/t7-;3*6-;4*7-;5-;2*6-/m11101110110/s1. The second-order valence-corrected chi connectivity index (χ2v) is 35.7. The van der Waals surface area contributed by atoms with E-state index in [1.807, 2.05) is 46.9 Å². The van der Waals surface area contributed by atoms with Crippen molar-refractivity contribution in [3.63, 3.8) is 0 Å². The predicted octanol–water partition coefficient (Wildman–Crippen LogP) is 0.597. The lowest BCUT2D eigenvalue weighted by Crippen LogP contribution is -2.56. The molecule has 6 N–H and O–H groups in total. The Labute approximate surface area is 750 Å². The summed E-state index contributed by atoms with van der Waals surface area (Å²) >= 11 is 0. The van der Waals surface area contributed by atoms with E-state index in [1.54, 1.807) is 80.9 Å². The van der Waals surface area contributed by atoms with Gasteiger partial charge in [0.15, 0.2) is 0 Å². The molecule has 11 saturated heterocycles. The van der Waals surface area contributed by atoms with E-state index in [9.17, 15) is 80.3 Å². The highest BCUT2D eigenvalue weighted by molar-refractivity contribution is 7.88. The number of rotatable bonds is 12. The lowest BCUT2D eigenvalue weighted by molar-refractivity contribution is -0.156. The second kappa shape index (κ2) is 61.0. The van der Waals surface area contributed by atoms with Crippen LogP contribution in [0, 0.1) is 41.4 Å². The van der Waals surface area contributed by atoms with E-state index in [0.717, 1.165) is 136 Å². The molecule has 40 nitrogen and oxygen atoms in total. The molecule has 0 saturated carbocycles. The maximum atomic E-state index is 11.5. The van der Waals surface area contributed by atoms with Crippen LogP contribution >= 0.6 is 0 Å². The molecule has 0 aromatic heterocycles. The Bertz CT molecular complexity index is 3320. The molecule has 11 aliphatic heterocycles. The first-order valence-corrected chi connectivity index (χ1v) is 46.4. The molecule has 126 heavy (non-hydrogen) atoms. The molecule has 0 aromatic carbocycles. The predicted molar refractivity (Wildman–Crippen MR) is 476 cm³/mol. The van der Waals surface area contributed by atoms with Crippen LogP contribution in [0.3, 0.4) is 0 Å². The summed E-state index contributed by atoms with van der Waals surface area (Å²) in [6.45, 7) is 35.6. The molecule has 0 unspecified atom stereocenters. The van der Waals surface area contributed by atoms with Crippen molar-refractivity contribution in [2.24, 2.45) is 47.2 Å². The molecule has 15 amide bonds. The summed E-state index contributed by atoms with van der Waals surface area (Å²) in [5.41, 5.74) is 5.52. The van der Waals surface area contributed by atoms with Crippen LogP contribution in [0.5, 0.6) is 0 Å². The van der Waals surface area contributed by atoms with Gasteiger partial charge in [-0.3, -0.25) is 62.3 Å².